The number of nitrogens with two attached hydrogens (primary N) is 3. The first-order chi connectivity index (χ1) is 64.8. The Morgan fingerprint density at radius 3 is 2.00 bits per heavy atom. The third-order valence-corrected chi connectivity index (χ3v) is 26.5. The van der Waals surface area contributed by atoms with E-state index in [-0.39, 0.29) is 85.1 Å². The summed E-state index contributed by atoms with van der Waals surface area (Å²) in [5.41, 5.74) is 12.0. The van der Waals surface area contributed by atoms with Gasteiger partial charge in [-0.05, 0) is 116 Å². The fourth-order valence-corrected chi connectivity index (χ4v) is 19.3. The van der Waals surface area contributed by atoms with Gasteiger partial charge in [-0.2, -0.15) is 4.98 Å². The second-order valence-electron chi connectivity index (χ2n) is 33.0. The van der Waals surface area contributed by atoms with Gasteiger partial charge in [0, 0.05) is 58.6 Å². The van der Waals surface area contributed by atoms with Crippen molar-refractivity contribution in [2.24, 2.45) is 29.6 Å². The Kier molecular flexibility index (Phi) is 31.2. The van der Waals surface area contributed by atoms with Gasteiger partial charge in [0.05, 0.1) is 41.3 Å². The number of aromatic nitrogens is 4. The Hall–Kier alpha value is -12.8. The summed E-state index contributed by atoms with van der Waals surface area (Å²) >= 11 is 17.5. The summed E-state index contributed by atoms with van der Waals surface area (Å²) in [5, 5.41) is 150. The van der Waals surface area contributed by atoms with Crippen molar-refractivity contribution in [2.45, 2.75) is 173 Å². The van der Waals surface area contributed by atoms with Gasteiger partial charge in [0.1, 0.15) is 119 Å². The number of nitrogens with zero attached hydrogens (tertiary/aromatic N) is 5. The number of carboxylic acid groups (broad SMARTS) is 2. The number of thioether (sulfide) groups is 2. The Balaban J connectivity index is 0.000000366. The molecule has 20 atom stereocenters. The number of nitrogens with one attached hydrogen (secondary N) is 9. The van der Waals surface area contributed by atoms with Crippen molar-refractivity contribution in [1.29, 1.82) is 0 Å². The summed E-state index contributed by atoms with van der Waals surface area (Å²) in [6.45, 7) is 5.66. The van der Waals surface area contributed by atoms with Crippen LogP contribution in [0.15, 0.2) is 115 Å². The SMILES string of the molecule is CN[C@H](CC(C)C)C(=O)N[C@H]1C(=O)N[C@@H](CC(N)=O)C(=O)N[C@H]2C(=O)N[C@H]3C(=O)N[C@H](C(=O)N[C@H](C(=O)O)c4cc(O)cc(O)c4-c4cc3ccc4O)[C@H](O)c3ccc(c(Cl)c3)Oc3cc2cc(c3O[C@@H]2O[C@H](CO)[C@@H](O)[C@H](O)[C@H]2O[C@H]2C[C@](C)(N)[C@H](O)[C@H](C)O2)Oc2ccc(cc2Cl)[C@H]1O.CO/N=C(\C(=O)N[C@@H]1C(=O)N2C(C(=O)O)=C(CSc3nc(=O)c(=O)[nH]n3C)CS[C@H]12)c1csc(N)n1. The number of benzene rings is 5. The van der Waals surface area contributed by atoms with Crippen molar-refractivity contribution in [2.75, 3.05) is 38.0 Å². The van der Waals surface area contributed by atoms with Gasteiger partial charge < -0.3 is 149 Å². The number of carbonyl (C=O) groups excluding carboxylic acids is 9. The minimum atomic E-state index is -2.35. The number of ether oxygens (including phenoxy) is 6. The van der Waals surface area contributed by atoms with Crippen LogP contribution >= 0.6 is 58.1 Å². The van der Waals surface area contributed by atoms with Gasteiger partial charge in [-0.3, -0.25) is 67.4 Å². The van der Waals surface area contributed by atoms with Crippen LogP contribution in [0.1, 0.15) is 111 Å². The maximum absolute atomic E-state index is 16.0. The molecule has 5 aromatic carbocycles. The number of amides is 9. The Morgan fingerprint density at radius 1 is 0.759 bits per heavy atom. The van der Waals surface area contributed by atoms with E-state index in [1.807, 2.05) is 13.8 Å². The fraction of sp³-hybridized carbons (Fsp3) is 0.405. The lowest BCUT2D eigenvalue weighted by Crippen LogP contribution is -2.71. The van der Waals surface area contributed by atoms with Crippen molar-refractivity contribution >= 4 is 134 Å². The minimum Gasteiger partial charge on any atom is -0.508 e. The number of aliphatic hydroxyl groups is 6. The number of rotatable bonds is 21. The lowest BCUT2D eigenvalue weighted by atomic mass is 9.86. The fourth-order valence-electron chi connectivity index (χ4n) is 15.9. The lowest BCUT2D eigenvalue weighted by Gasteiger charge is -2.49. The van der Waals surface area contributed by atoms with Crippen molar-refractivity contribution < 1.29 is 142 Å². The first-order valence-corrected chi connectivity index (χ1v) is 45.2. The zero-order valence-corrected chi connectivity index (χ0v) is 76.9. The predicted molar refractivity (Wildman–Crippen MR) is 480 cm³/mol. The van der Waals surface area contributed by atoms with E-state index in [4.69, 9.17) is 73.7 Å². The molecule has 0 saturated carbocycles. The van der Waals surface area contributed by atoms with Crippen LogP contribution < -0.4 is 85.1 Å². The summed E-state index contributed by atoms with van der Waals surface area (Å²) in [5.74, 6) is -18.3. The molecule has 16 rings (SSSR count). The maximum atomic E-state index is 16.0. The number of hydrogen-bond donors (Lipinski definition) is 23. The van der Waals surface area contributed by atoms with Crippen molar-refractivity contribution in [3.63, 3.8) is 0 Å². The van der Waals surface area contributed by atoms with Crippen LogP contribution in [0.25, 0.3) is 11.1 Å². The second-order valence-corrected chi connectivity index (χ2v) is 36.8. The van der Waals surface area contributed by atoms with Crippen LogP contribution in [0.5, 0.6) is 46.0 Å². The van der Waals surface area contributed by atoms with Gasteiger partial charge in [-0.25, -0.2) is 14.6 Å². The largest absolute Gasteiger partial charge is 0.508 e. The number of likely N-dealkylation sites (N-methyl/N-ethyl adjacent to an activating group) is 1. The highest BCUT2D eigenvalue weighted by molar-refractivity contribution is 8.01. The molecule has 0 unspecified atom stereocenters. The number of aliphatic carboxylic acids is 2. The van der Waals surface area contributed by atoms with Gasteiger partial charge in [0.2, 0.25) is 53.4 Å². The molecule has 11 bridgehead atoms. The van der Waals surface area contributed by atoms with Gasteiger partial charge in [-0.15, -0.1) is 23.1 Å². The smallest absolute Gasteiger partial charge is 0.352 e. The number of phenolic OH excluding ortho intramolecular Hbond substituents is 3. The molecule has 53 heteroatoms. The number of β-lactam (4-membered cyclic amide) rings is 1. The number of nitrogen functional groups attached to an aromatic ring is 1. The molecule has 9 amide bonds. The van der Waals surface area contributed by atoms with E-state index in [1.54, 1.807) is 0 Å². The van der Waals surface area contributed by atoms with Gasteiger partial charge in [-0.1, -0.05) is 72.2 Å². The van der Waals surface area contributed by atoms with Crippen molar-refractivity contribution in [3.8, 4) is 57.1 Å². The van der Waals surface area contributed by atoms with Crippen molar-refractivity contribution in [1.82, 2.24) is 67.2 Å². The van der Waals surface area contributed by atoms with Gasteiger partial charge in [0.15, 0.2) is 45.9 Å². The van der Waals surface area contributed by atoms with E-state index in [1.165, 1.54) is 69.0 Å². The number of aromatic hydroxyl groups is 3. The monoisotopic (exact) mass is 2000 g/mol. The van der Waals surface area contributed by atoms with E-state index < -0.39 is 277 Å². The average molecular weight is 2000 g/mol. The lowest BCUT2D eigenvalue weighted by molar-refractivity contribution is -0.333. The summed E-state index contributed by atoms with van der Waals surface area (Å²) in [7, 11) is 4.21. The summed E-state index contributed by atoms with van der Waals surface area (Å²) in [6.07, 6.45) is -18.6. The molecule has 9 aliphatic rings. The molecule has 2 aromatic heterocycles. The molecule has 48 nitrogen and oxygen atoms in total. The Bertz CT molecular complexity index is 6150. The molecule has 0 aliphatic carbocycles. The predicted octanol–water partition coefficient (Wildman–Crippen LogP) is -1.51. The number of primary amides is 1. The highest BCUT2D eigenvalue weighted by Gasteiger charge is 2.56. The molecule has 3 fully saturated rings. The molecule has 7 aromatic rings. The number of hydrogen-bond acceptors (Lipinski definition) is 38. The summed E-state index contributed by atoms with van der Waals surface area (Å²) < 4.78 is 39.6. The zero-order chi connectivity index (χ0) is 99.7. The zero-order valence-electron chi connectivity index (χ0n) is 72.9. The van der Waals surface area contributed by atoms with E-state index >= 15 is 14.4 Å². The van der Waals surface area contributed by atoms with Crippen LogP contribution in [0, 0.1) is 5.92 Å². The number of oxime groups is 1. The van der Waals surface area contributed by atoms with E-state index in [0.717, 1.165) is 94.7 Å². The molecule has 9 aliphatic heterocycles. The molecule has 11 heterocycles. The number of anilines is 1. The van der Waals surface area contributed by atoms with Crippen LogP contribution in [0.2, 0.25) is 10.0 Å². The molecule has 137 heavy (non-hydrogen) atoms. The number of halogens is 2. The number of carboxylic acids is 2. The summed E-state index contributed by atoms with van der Waals surface area (Å²) in [6, 6.07) is -1.67. The standard InChI is InChI=1S/C66H75Cl2N9O24.C18H18N8O7S3/c1-23(2)12-34(71-5)58(88)76-49-51(83)26-7-10-38(32(67)14-26)97-40-16-28-17-41(55(40)101-65-56(54(86)53(85)42(22-78)99-65)100-44-21-66(4,70)57(87)24(3)96-44)98-39-11-8-27(15-33(39)68)52(84)50-63(93)75-48(64(94)95)31-18-29(79)19-37(81)45(31)30-13-25(6-9-36(30)80)46(60(90)77-50)74-61(91)47(28)73-59(89)35(20-43(69)82)72-62(49)92;1-25-18(22-12(28)13(29)23-25)36-4-6-3-34-15-9(14(30)26(15)10(6)16(31)32)21-11(27)8(24-33-2)7-5-35-17(19)20-7/h6-11,13-19,23-24,34-35,42,44,46-54,56-57,65,71,78-81,83-87H,12,20-22,70H2,1-5H3,(H2,69,82)(H,72,92)(H,73,89)(H,74,91)(H,75,93)(H,76,88)(H,77,90)(H,94,95);5,9,15H,3-4H2,1-2H3,(H2,19,20)(H,21,27)(H,23,29)(H,31,32)/b;24-8-/t24-,34+,35-,42+,44-,46+,47+,48-,49+,50-,51+,52+,53+,54-,56+,57+,65-,66-;9-,15-/m01/s1. The third kappa shape index (κ3) is 21.9. The second kappa shape index (κ2) is 42.0. The average Bonchev–Trinajstić information content (AvgIpc) is 0.833. The number of phenols is 3. The topological polar surface area (TPSA) is 745 Å². The highest BCUT2D eigenvalue weighted by Crippen LogP contribution is 2.51. The molecule has 0 radical (unpaired) electrons. The number of H-pyrrole nitrogens is 1. The number of thiazole rings is 1. The first kappa shape index (κ1) is 102. The van der Waals surface area contributed by atoms with Gasteiger partial charge in [0.25, 0.3) is 11.8 Å². The normalized spacial score (nSPS) is 26.8. The van der Waals surface area contributed by atoms with E-state index in [2.05, 4.69) is 62.8 Å². The number of carbonyl (C=O) groups is 11. The molecular formula is C84H93Cl2N17O31S3. The van der Waals surface area contributed by atoms with Gasteiger partial charge >= 0.3 is 23.1 Å². The number of aryl methyl sites for hydroxylation is 1. The summed E-state index contributed by atoms with van der Waals surface area (Å²) in [4.78, 5) is 191. The molecular weight excluding hydrogens is 1910 g/mol. The molecule has 3 saturated heterocycles. The molecule has 732 valence electrons. The quantitative estimate of drug-likeness (QED) is 0.0128. The minimum absolute atomic E-state index is 0.0975. The van der Waals surface area contributed by atoms with E-state index in [9.17, 15) is 104 Å². The number of aromatic amines is 1. The van der Waals surface area contributed by atoms with Crippen LogP contribution in [-0.2, 0) is 78.8 Å². The molecule has 26 N–H and O–H groups in total. The van der Waals surface area contributed by atoms with Crippen LogP contribution in [0.4, 0.5) is 5.13 Å². The van der Waals surface area contributed by atoms with E-state index in [0.29, 0.717) is 5.57 Å². The Labute approximate surface area is 796 Å². The maximum Gasteiger partial charge on any atom is 0.352 e. The van der Waals surface area contributed by atoms with Crippen LogP contribution in [-0.4, -0.2) is 274 Å². The first-order valence-electron chi connectivity index (χ1n) is 41.6. The third-order valence-electron chi connectivity index (χ3n) is 22.8. The number of fused-ring (bicyclic) bond motifs is 16. The number of aliphatic hydroxyl groups excluding tert-OH is 6. The molecule has 0 spiro atoms. The highest BCUT2D eigenvalue weighted by atomic mass is 35.5. The van der Waals surface area contributed by atoms with Crippen molar-refractivity contribution in [3.05, 3.63) is 160 Å². The Morgan fingerprint density at radius 2 is 1.40 bits per heavy atom. The van der Waals surface area contributed by atoms with Crippen LogP contribution in [0.3, 0.4) is 0 Å².